The van der Waals surface area contributed by atoms with Crippen molar-refractivity contribution in [1.82, 2.24) is 4.98 Å². The third kappa shape index (κ3) is 4.02. The Morgan fingerprint density at radius 1 is 1.19 bits per heavy atom. The Bertz CT molecular complexity index is 587. The average molecular weight is 287 g/mol. The first kappa shape index (κ1) is 15.0. The molecule has 1 aromatic carbocycles. The number of nitrogens with one attached hydrogen (secondary N) is 1. The molecule has 0 amide bonds. The van der Waals surface area contributed by atoms with E-state index in [2.05, 4.69) is 16.4 Å². The first-order chi connectivity index (χ1) is 10.2. The van der Waals surface area contributed by atoms with Crippen LogP contribution in [0.1, 0.15) is 12.5 Å². The minimum absolute atomic E-state index is 0.472. The van der Waals surface area contributed by atoms with Gasteiger partial charge in [-0.05, 0) is 37.1 Å². The third-order valence-electron chi connectivity index (χ3n) is 3.06. The SMILES string of the molecule is CCOc1nc(NCCc2ccccc2OC)ccc1N. The van der Waals surface area contributed by atoms with Crippen LogP contribution in [0.3, 0.4) is 0 Å². The van der Waals surface area contributed by atoms with Gasteiger partial charge in [0.05, 0.1) is 19.4 Å². The van der Waals surface area contributed by atoms with E-state index in [-0.39, 0.29) is 0 Å². The molecule has 0 aliphatic rings. The summed E-state index contributed by atoms with van der Waals surface area (Å²) in [5, 5.41) is 3.27. The first-order valence-corrected chi connectivity index (χ1v) is 6.99. The fourth-order valence-electron chi connectivity index (χ4n) is 2.04. The lowest BCUT2D eigenvalue weighted by molar-refractivity contribution is 0.329. The molecule has 5 heteroatoms. The van der Waals surface area contributed by atoms with Crippen molar-refractivity contribution >= 4 is 11.5 Å². The summed E-state index contributed by atoms with van der Waals surface area (Å²) in [5.41, 5.74) is 7.51. The number of para-hydroxylation sites is 1. The van der Waals surface area contributed by atoms with E-state index in [1.807, 2.05) is 31.2 Å². The molecule has 0 radical (unpaired) electrons. The van der Waals surface area contributed by atoms with Crippen molar-refractivity contribution in [3.63, 3.8) is 0 Å². The maximum Gasteiger partial charge on any atom is 0.239 e. The van der Waals surface area contributed by atoms with Crippen molar-refractivity contribution in [2.45, 2.75) is 13.3 Å². The number of ether oxygens (including phenoxy) is 2. The number of pyridine rings is 1. The maximum absolute atomic E-state index is 5.80. The van der Waals surface area contributed by atoms with Gasteiger partial charge in [0.2, 0.25) is 5.88 Å². The van der Waals surface area contributed by atoms with Gasteiger partial charge in [0.25, 0.3) is 0 Å². The maximum atomic E-state index is 5.80. The summed E-state index contributed by atoms with van der Waals surface area (Å²) in [6, 6.07) is 11.6. The Hall–Kier alpha value is -2.43. The minimum Gasteiger partial charge on any atom is -0.496 e. The molecule has 1 heterocycles. The molecule has 0 aliphatic carbocycles. The fourth-order valence-corrected chi connectivity index (χ4v) is 2.04. The van der Waals surface area contributed by atoms with Gasteiger partial charge in [-0.1, -0.05) is 18.2 Å². The van der Waals surface area contributed by atoms with Gasteiger partial charge < -0.3 is 20.5 Å². The highest BCUT2D eigenvalue weighted by Crippen LogP contribution is 2.21. The number of nitrogen functional groups attached to an aromatic ring is 1. The van der Waals surface area contributed by atoms with Crippen LogP contribution in [-0.4, -0.2) is 25.2 Å². The summed E-state index contributed by atoms with van der Waals surface area (Å²) in [5.74, 6) is 2.13. The molecule has 2 rings (SSSR count). The molecule has 5 nitrogen and oxygen atoms in total. The zero-order valence-corrected chi connectivity index (χ0v) is 12.4. The second-order valence-corrected chi connectivity index (χ2v) is 4.51. The third-order valence-corrected chi connectivity index (χ3v) is 3.06. The van der Waals surface area contributed by atoms with Crippen LogP contribution >= 0.6 is 0 Å². The smallest absolute Gasteiger partial charge is 0.239 e. The number of benzene rings is 1. The molecule has 0 fully saturated rings. The molecular weight excluding hydrogens is 266 g/mol. The molecule has 0 saturated heterocycles. The first-order valence-electron chi connectivity index (χ1n) is 6.99. The number of nitrogens with two attached hydrogens (primary N) is 1. The van der Waals surface area contributed by atoms with Crippen molar-refractivity contribution in [2.75, 3.05) is 31.3 Å². The zero-order valence-electron chi connectivity index (χ0n) is 12.4. The molecule has 0 atom stereocenters. The minimum atomic E-state index is 0.472. The van der Waals surface area contributed by atoms with Gasteiger partial charge in [-0.25, -0.2) is 0 Å². The molecular formula is C16H21N3O2. The van der Waals surface area contributed by atoms with Crippen molar-refractivity contribution in [2.24, 2.45) is 0 Å². The van der Waals surface area contributed by atoms with Gasteiger partial charge in [-0.3, -0.25) is 0 Å². The molecule has 112 valence electrons. The van der Waals surface area contributed by atoms with E-state index in [1.165, 1.54) is 0 Å². The Morgan fingerprint density at radius 3 is 2.76 bits per heavy atom. The molecule has 0 spiro atoms. The highest BCUT2D eigenvalue weighted by atomic mass is 16.5. The van der Waals surface area contributed by atoms with Gasteiger partial charge in [0.15, 0.2) is 0 Å². The number of hydrogen-bond donors (Lipinski definition) is 2. The Labute approximate surface area is 125 Å². The van der Waals surface area contributed by atoms with Crippen molar-refractivity contribution in [3.05, 3.63) is 42.0 Å². The van der Waals surface area contributed by atoms with E-state index in [0.717, 1.165) is 30.1 Å². The summed E-state index contributed by atoms with van der Waals surface area (Å²) in [6.45, 7) is 3.20. The van der Waals surface area contributed by atoms with E-state index < -0.39 is 0 Å². The predicted octanol–water partition coefficient (Wildman–Crippen LogP) is 2.73. The number of rotatable bonds is 7. The number of aromatic nitrogens is 1. The standard InChI is InChI=1S/C16H21N3O2/c1-3-21-16-13(17)8-9-15(19-16)18-11-10-12-6-4-5-7-14(12)20-2/h4-9H,3,10-11,17H2,1-2H3,(H,18,19). The molecule has 0 aliphatic heterocycles. The highest BCUT2D eigenvalue weighted by Gasteiger charge is 2.05. The monoisotopic (exact) mass is 287 g/mol. The summed E-state index contributed by atoms with van der Waals surface area (Å²) in [6.07, 6.45) is 0.847. The van der Waals surface area contributed by atoms with Gasteiger partial charge in [-0.15, -0.1) is 0 Å². The summed E-state index contributed by atoms with van der Waals surface area (Å²) >= 11 is 0. The lowest BCUT2D eigenvalue weighted by atomic mass is 10.1. The second-order valence-electron chi connectivity index (χ2n) is 4.51. The number of nitrogens with zero attached hydrogens (tertiary/aromatic N) is 1. The number of methoxy groups -OCH3 is 1. The summed E-state index contributed by atoms with van der Waals surface area (Å²) in [7, 11) is 1.68. The summed E-state index contributed by atoms with van der Waals surface area (Å²) in [4.78, 5) is 4.35. The van der Waals surface area contributed by atoms with Crippen LogP contribution in [0.2, 0.25) is 0 Å². The van der Waals surface area contributed by atoms with Crippen molar-refractivity contribution in [1.29, 1.82) is 0 Å². The van der Waals surface area contributed by atoms with E-state index in [9.17, 15) is 0 Å². The molecule has 0 saturated carbocycles. The molecule has 3 N–H and O–H groups in total. The largest absolute Gasteiger partial charge is 0.496 e. The average Bonchev–Trinajstić information content (AvgIpc) is 2.51. The zero-order chi connectivity index (χ0) is 15.1. The lowest BCUT2D eigenvalue weighted by Crippen LogP contribution is -2.08. The molecule has 21 heavy (non-hydrogen) atoms. The molecule has 0 bridgehead atoms. The van der Waals surface area contributed by atoms with Gasteiger partial charge in [0.1, 0.15) is 11.6 Å². The highest BCUT2D eigenvalue weighted by molar-refractivity contribution is 5.53. The van der Waals surface area contributed by atoms with Crippen molar-refractivity contribution in [3.8, 4) is 11.6 Å². The molecule has 0 unspecified atom stereocenters. The topological polar surface area (TPSA) is 69.4 Å². The van der Waals surface area contributed by atoms with Crippen LogP contribution in [0, 0.1) is 0 Å². The van der Waals surface area contributed by atoms with Gasteiger partial charge in [-0.2, -0.15) is 4.98 Å². The van der Waals surface area contributed by atoms with Crippen LogP contribution in [0.5, 0.6) is 11.6 Å². The molecule has 2 aromatic rings. The molecule has 1 aromatic heterocycles. The van der Waals surface area contributed by atoms with Gasteiger partial charge >= 0.3 is 0 Å². The lowest BCUT2D eigenvalue weighted by Gasteiger charge is -2.11. The normalized spacial score (nSPS) is 10.2. The number of hydrogen-bond acceptors (Lipinski definition) is 5. The Balaban J connectivity index is 1.95. The quantitative estimate of drug-likeness (QED) is 0.819. The van der Waals surface area contributed by atoms with Crippen LogP contribution < -0.4 is 20.5 Å². The second kappa shape index (κ2) is 7.38. The van der Waals surface area contributed by atoms with Crippen LogP contribution in [0.15, 0.2) is 36.4 Å². The van der Waals surface area contributed by atoms with Crippen molar-refractivity contribution < 1.29 is 9.47 Å². The Kier molecular flexibility index (Phi) is 5.26. The Morgan fingerprint density at radius 2 is 2.00 bits per heavy atom. The van der Waals surface area contributed by atoms with Gasteiger partial charge in [0, 0.05) is 6.54 Å². The van der Waals surface area contributed by atoms with E-state index in [1.54, 1.807) is 13.2 Å². The van der Waals surface area contributed by atoms with Crippen LogP contribution in [0.4, 0.5) is 11.5 Å². The van der Waals surface area contributed by atoms with Crippen LogP contribution in [-0.2, 0) is 6.42 Å². The van der Waals surface area contributed by atoms with E-state index >= 15 is 0 Å². The van der Waals surface area contributed by atoms with Crippen LogP contribution in [0.25, 0.3) is 0 Å². The predicted molar refractivity (Wildman–Crippen MR) is 85.0 cm³/mol. The van der Waals surface area contributed by atoms with E-state index in [0.29, 0.717) is 18.2 Å². The summed E-state index contributed by atoms with van der Waals surface area (Å²) < 4.78 is 10.7. The fraction of sp³-hybridized carbons (Fsp3) is 0.312. The van der Waals surface area contributed by atoms with E-state index in [4.69, 9.17) is 15.2 Å². The number of anilines is 2.